The van der Waals surface area contributed by atoms with Gasteiger partial charge >= 0.3 is 5.97 Å². The number of ether oxygens (including phenoxy) is 1. The lowest BCUT2D eigenvalue weighted by Crippen LogP contribution is -2.36. The molecule has 1 heterocycles. The Kier molecular flexibility index (Phi) is 4.93. The lowest BCUT2D eigenvalue weighted by molar-refractivity contribution is 0.0696. The van der Waals surface area contributed by atoms with E-state index in [2.05, 4.69) is 13.2 Å². The van der Waals surface area contributed by atoms with Crippen molar-refractivity contribution in [2.24, 2.45) is 0 Å². The Morgan fingerprint density at radius 1 is 1.22 bits per heavy atom. The fraction of sp³-hybridized carbons (Fsp3) is 0.190. The van der Waals surface area contributed by atoms with E-state index in [0.29, 0.717) is 16.9 Å². The number of hydrogen-bond acceptors (Lipinski definition) is 4. The smallest absolute Gasteiger partial charge is 0.335 e. The summed E-state index contributed by atoms with van der Waals surface area (Å²) in [6, 6.07) is 12.4. The molecule has 3 rings (SSSR count). The highest BCUT2D eigenvalue weighted by Crippen LogP contribution is 2.49. The first kappa shape index (κ1) is 18.9. The first-order valence-corrected chi connectivity index (χ1v) is 9.88. The molecular formula is C21H20O5S. The standard InChI is InChI=1S/C21H20O5S/c1-3-11-21(27(24,25)17-7-5-4-6-8-17)13-15(2)14-26-19-10-9-16(20(22)23)12-18(19)21/h3-10,12H,1-2,11,13-14H2,(H,22,23). The van der Waals surface area contributed by atoms with Gasteiger partial charge in [0.15, 0.2) is 9.84 Å². The molecule has 0 amide bonds. The van der Waals surface area contributed by atoms with Gasteiger partial charge in [0.2, 0.25) is 0 Å². The van der Waals surface area contributed by atoms with Crippen molar-refractivity contribution in [3.05, 3.63) is 84.5 Å². The quantitative estimate of drug-likeness (QED) is 0.789. The van der Waals surface area contributed by atoms with Crippen LogP contribution in [0.25, 0.3) is 0 Å². The summed E-state index contributed by atoms with van der Waals surface area (Å²) in [5.41, 5.74) is 0.941. The third-order valence-electron chi connectivity index (χ3n) is 4.73. The molecule has 2 aromatic carbocycles. The predicted octanol–water partition coefficient (Wildman–Crippen LogP) is 3.97. The van der Waals surface area contributed by atoms with E-state index in [1.54, 1.807) is 18.2 Å². The highest BCUT2D eigenvalue weighted by molar-refractivity contribution is 7.92. The summed E-state index contributed by atoms with van der Waals surface area (Å²) in [5.74, 6) is -0.787. The van der Waals surface area contributed by atoms with E-state index >= 15 is 0 Å². The van der Waals surface area contributed by atoms with E-state index in [1.165, 1.54) is 36.4 Å². The fourth-order valence-corrected chi connectivity index (χ4v) is 5.61. The summed E-state index contributed by atoms with van der Waals surface area (Å²) in [6.45, 7) is 7.87. The zero-order valence-corrected chi connectivity index (χ0v) is 15.5. The second-order valence-electron chi connectivity index (χ2n) is 6.54. The Balaban J connectivity index is 2.36. The minimum atomic E-state index is -3.90. The average molecular weight is 384 g/mol. The maximum absolute atomic E-state index is 13.7. The van der Waals surface area contributed by atoms with Gasteiger partial charge in [0.05, 0.1) is 10.5 Å². The molecular weight excluding hydrogens is 364 g/mol. The molecule has 0 fully saturated rings. The van der Waals surface area contributed by atoms with Gasteiger partial charge in [-0.25, -0.2) is 13.2 Å². The van der Waals surface area contributed by atoms with Crippen LogP contribution in [0.5, 0.6) is 5.75 Å². The predicted molar refractivity (Wildman–Crippen MR) is 103 cm³/mol. The second-order valence-corrected chi connectivity index (χ2v) is 8.79. The highest BCUT2D eigenvalue weighted by Gasteiger charge is 2.48. The van der Waals surface area contributed by atoms with Crippen molar-refractivity contribution in [2.45, 2.75) is 22.5 Å². The number of sulfone groups is 1. The maximum Gasteiger partial charge on any atom is 0.335 e. The molecule has 140 valence electrons. The number of benzene rings is 2. The van der Waals surface area contributed by atoms with Gasteiger partial charge in [-0.05, 0) is 48.7 Å². The normalized spacial score (nSPS) is 19.5. The van der Waals surface area contributed by atoms with Crippen LogP contribution in [-0.4, -0.2) is 26.1 Å². The maximum atomic E-state index is 13.7. The van der Waals surface area contributed by atoms with Gasteiger partial charge in [-0.15, -0.1) is 6.58 Å². The molecule has 5 nitrogen and oxygen atoms in total. The molecule has 6 heteroatoms. The zero-order valence-electron chi connectivity index (χ0n) is 14.7. The van der Waals surface area contributed by atoms with Crippen molar-refractivity contribution in [3.8, 4) is 5.75 Å². The molecule has 0 bridgehead atoms. The molecule has 1 aliphatic rings. The Morgan fingerprint density at radius 3 is 2.56 bits per heavy atom. The molecule has 2 aromatic rings. The second kappa shape index (κ2) is 7.04. The summed E-state index contributed by atoms with van der Waals surface area (Å²) >= 11 is 0. The summed E-state index contributed by atoms with van der Waals surface area (Å²) in [7, 11) is -3.90. The molecule has 1 atom stereocenters. The van der Waals surface area contributed by atoms with Crippen molar-refractivity contribution < 1.29 is 23.1 Å². The van der Waals surface area contributed by atoms with Gasteiger partial charge in [-0.1, -0.05) is 30.9 Å². The summed E-state index contributed by atoms with van der Waals surface area (Å²) in [4.78, 5) is 11.7. The van der Waals surface area contributed by atoms with E-state index in [4.69, 9.17) is 4.74 Å². The van der Waals surface area contributed by atoms with E-state index in [1.807, 2.05) is 0 Å². The van der Waals surface area contributed by atoms with E-state index in [0.717, 1.165) is 0 Å². The SMILES string of the molecule is C=CCC1(S(=O)(=O)c2ccccc2)CC(=C)COc2ccc(C(=O)O)cc21. The molecule has 0 radical (unpaired) electrons. The van der Waals surface area contributed by atoms with E-state index in [-0.39, 0.29) is 29.9 Å². The van der Waals surface area contributed by atoms with Crippen molar-refractivity contribution >= 4 is 15.8 Å². The number of hydrogen-bond donors (Lipinski definition) is 1. The molecule has 0 saturated carbocycles. The van der Waals surface area contributed by atoms with Crippen LogP contribution in [0.3, 0.4) is 0 Å². The van der Waals surface area contributed by atoms with Crippen molar-refractivity contribution in [1.82, 2.24) is 0 Å². The molecule has 27 heavy (non-hydrogen) atoms. The monoisotopic (exact) mass is 384 g/mol. The molecule has 1 N–H and O–H groups in total. The van der Waals surface area contributed by atoms with Crippen molar-refractivity contribution in [2.75, 3.05) is 6.61 Å². The Labute approximate surface area is 158 Å². The van der Waals surface area contributed by atoms with E-state index in [9.17, 15) is 18.3 Å². The molecule has 0 saturated heterocycles. The van der Waals surface area contributed by atoms with Crippen LogP contribution in [0.2, 0.25) is 0 Å². The Bertz CT molecular complexity index is 1010. The van der Waals surface area contributed by atoms with E-state index < -0.39 is 20.6 Å². The first-order valence-electron chi connectivity index (χ1n) is 8.40. The average Bonchev–Trinajstić information content (AvgIpc) is 2.80. The lowest BCUT2D eigenvalue weighted by atomic mass is 9.87. The van der Waals surface area contributed by atoms with Crippen LogP contribution in [-0.2, 0) is 14.6 Å². The number of fused-ring (bicyclic) bond motifs is 1. The van der Waals surface area contributed by atoms with Crippen LogP contribution in [0, 0.1) is 0 Å². The molecule has 1 unspecified atom stereocenters. The zero-order chi connectivity index (χ0) is 19.7. The Hall–Kier alpha value is -2.86. The molecule has 0 aliphatic carbocycles. The summed E-state index contributed by atoms with van der Waals surface area (Å²) < 4.78 is 31.8. The van der Waals surface area contributed by atoms with Crippen LogP contribution < -0.4 is 4.74 Å². The molecule has 1 aliphatic heterocycles. The van der Waals surface area contributed by atoms with Gasteiger partial charge in [0, 0.05) is 5.56 Å². The number of rotatable bonds is 5. The van der Waals surface area contributed by atoms with Crippen LogP contribution in [0.4, 0.5) is 0 Å². The summed E-state index contributed by atoms with van der Waals surface area (Å²) in [5, 5.41) is 9.40. The minimum absolute atomic E-state index is 0.00145. The van der Waals surface area contributed by atoms with Gasteiger partial charge in [-0.3, -0.25) is 0 Å². The van der Waals surface area contributed by atoms with Crippen LogP contribution in [0.1, 0.15) is 28.8 Å². The highest BCUT2D eigenvalue weighted by atomic mass is 32.2. The first-order chi connectivity index (χ1) is 12.8. The number of carbonyl (C=O) groups is 1. The van der Waals surface area contributed by atoms with Gasteiger partial charge < -0.3 is 9.84 Å². The number of allylic oxidation sites excluding steroid dienone is 1. The van der Waals surface area contributed by atoms with Gasteiger partial charge in [0.1, 0.15) is 17.1 Å². The van der Waals surface area contributed by atoms with Crippen molar-refractivity contribution in [3.63, 3.8) is 0 Å². The molecule has 0 aromatic heterocycles. The van der Waals surface area contributed by atoms with Gasteiger partial charge in [0.25, 0.3) is 0 Å². The van der Waals surface area contributed by atoms with Crippen molar-refractivity contribution in [1.29, 1.82) is 0 Å². The van der Waals surface area contributed by atoms with Crippen LogP contribution >= 0.6 is 0 Å². The topological polar surface area (TPSA) is 80.7 Å². The lowest BCUT2D eigenvalue weighted by Gasteiger charge is -2.33. The number of carboxylic acids is 1. The largest absolute Gasteiger partial charge is 0.489 e. The Morgan fingerprint density at radius 2 is 1.93 bits per heavy atom. The van der Waals surface area contributed by atoms with Crippen LogP contribution in [0.15, 0.2) is 78.2 Å². The molecule has 0 spiro atoms. The fourth-order valence-electron chi connectivity index (χ4n) is 3.46. The third kappa shape index (κ3) is 3.17. The minimum Gasteiger partial charge on any atom is -0.489 e. The summed E-state index contributed by atoms with van der Waals surface area (Å²) in [6.07, 6.45) is 1.76. The number of aromatic carboxylic acids is 1. The van der Waals surface area contributed by atoms with Gasteiger partial charge in [-0.2, -0.15) is 0 Å². The number of carboxylic acid groups (broad SMARTS) is 1. The third-order valence-corrected chi connectivity index (χ3v) is 7.18.